The molecular formula is C34H37F3N8O3. The lowest BCUT2D eigenvalue weighted by molar-refractivity contribution is 0.0134. The molecule has 2 atom stereocenters. The SMILES string of the molecule is [C-]#[N+]C[C@H]1CN(c2nc(OC[C@@H]3CC(F)(F)CN3C)nc3c(F)c(-c4cncc5cccc(C)c45)ncc23)CCN1C(=O)OC(C)(C)C. The lowest BCUT2D eigenvalue weighted by atomic mass is 10.00. The molecule has 0 N–H and O–H groups in total. The fraction of sp³-hybridized carbons (Fsp3) is 0.471. The molecule has 1 aromatic carbocycles. The third-order valence-corrected chi connectivity index (χ3v) is 8.65. The highest BCUT2D eigenvalue weighted by Gasteiger charge is 2.43. The molecule has 252 valence electrons. The van der Waals surface area contributed by atoms with E-state index in [-0.39, 0.29) is 56.4 Å². The molecule has 6 rings (SSSR count). The molecule has 0 unspecified atom stereocenters. The number of nitrogens with zero attached hydrogens (tertiary/aromatic N) is 8. The number of carbonyl (C=O) groups excluding carboxylic acids is 1. The number of fused-ring (bicyclic) bond motifs is 2. The van der Waals surface area contributed by atoms with Gasteiger partial charge in [-0.25, -0.2) is 24.5 Å². The van der Waals surface area contributed by atoms with Gasteiger partial charge in [-0.15, -0.1) is 0 Å². The highest BCUT2D eigenvalue weighted by atomic mass is 19.3. The van der Waals surface area contributed by atoms with E-state index in [0.717, 1.165) is 16.3 Å². The average molecular weight is 663 g/mol. The van der Waals surface area contributed by atoms with Crippen LogP contribution in [0.1, 0.15) is 32.8 Å². The normalized spacial score (nSPS) is 19.9. The molecule has 11 nitrogen and oxygen atoms in total. The van der Waals surface area contributed by atoms with Crippen molar-refractivity contribution in [2.24, 2.45) is 0 Å². The number of halogens is 3. The van der Waals surface area contributed by atoms with E-state index in [1.54, 1.807) is 40.2 Å². The Bertz CT molecular complexity index is 1910. The fourth-order valence-corrected chi connectivity index (χ4v) is 6.40. The number of piperazine rings is 1. The van der Waals surface area contributed by atoms with Crippen molar-refractivity contribution < 1.29 is 27.4 Å². The Morgan fingerprint density at radius 1 is 1.15 bits per heavy atom. The van der Waals surface area contributed by atoms with Crippen molar-refractivity contribution in [1.29, 1.82) is 0 Å². The van der Waals surface area contributed by atoms with Crippen LogP contribution in [0.15, 0.2) is 36.8 Å². The number of hydrogen-bond donors (Lipinski definition) is 0. The Morgan fingerprint density at radius 2 is 1.94 bits per heavy atom. The number of amides is 1. The van der Waals surface area contributed by atoms with E-state index < -0.39 is 42.1 Å². The summed E-state index contributed by atoms with van der Waals surface area (Å²) in [5, 5.41) is 1.92. The number of rotatable bonds is 6. The first-order valence-corrected chi connectivity index (χ1v) is 15.7. The van der Waals surface area contributed by atoms with Gasteiger partial charge in [-0.05, 0) is 45.7 Å². The Morgan fingerprint density at radius 3 is 2.65 bits per heavy atom. The van der Waals surface area contributed by atoms with Crippen LogP contribution in [0.5, 0.6) is 6.01 Å². The number of likely N-dealkylation sites (N-methyl/N-ethyl adjacent to an activating group) is 1. The first-order chi connectivity index (χ1) is 22.7. The van der Waals surface area contributed by atoms with Crippen LogP contribution < -0.4 is 9.64 Å². The van der Waals surface area contributed by atoms with E-state index in [1.807, 2.05) is 30.0 Å². The van der Waals surface area contributed by atoms with Crippen molar-refractivity contribution in [1.82, 2.24) is 29.7 Å². The highest BCUT2D eigenvalue weighted by molar-refractivity contribution is 6.00. The molecule has 2 aliphatic heterocycles. The number of pyridine rings is 2. The maximum atomic E-state index is 16.7. The average Bonchev–Trinajstić information content (AvgIpc) is 3.29. The third-order valence-electron chi connectivity index (χ3n) is 8.65. The maximum absolute atomic E-state index is 16.7. The third kappa shape index (κ3) is 6.64. The number of likely N-dealkylation sites (tertiary alicyclic amines) is 1. The van der Waals surface area contributed by atoms with Gasteiger partial charge < -0.3 is 19.2 Å². The summed E-state index contributed by atoms with van der Waals surface area (Å²) in [6.45, 7) is 15.0. The smallest absolute Gasteiger partial charge is 0.410 e. The molecule has 14 heteroatoms. The van der Waals surface area contributed by atoms with Crippen LogP contribution >= 0.6 is 0 Å². The van der Waals surface area contributed by atoms with Crippen molar-refractivity contribution in [3.63, 3.8) is 0 Å². The molecule has 3 aromatic heterocycles. The molecular weight excluding hydrogens is 625 g/mol. The molecule has 2 saturated heterocycles. The van der Waals surface area contributed by atoms with Gasteiger partial charge in [0.1, 0.15) is 35.3 Å². The summed E-state index contributed by atoms with van der Waals surface area (Å²) in [5.41, 5.74) is 0.672. The minimum Gasteiger partial charge on any atom is -0.462 e. The summed E-state index contributed by atoms with van der Waals surface area (Å²) in [6, 6.07) is 4.40. The quantitative estimate of drug-likeness (QED) is 0.239. The molecule has 4 aromatic rings. The second kappa shape index (κ2) is 12.7. The van der Waals surface area contributed by atoms with Gasteiger partial charge >= 0.3 is 12.1 Å². The number of hydrogen-bond acceptors (Lipinski definition) is 9. The number of aromatic nitrogens is 4. The standard InChI is InChI=1S/C34H37F3N8O3/c1-20-8-7-9-21-13-39-15-24(26(20)21)28-27(35)29-25(16-40-28)30(42-31(41-29)47-18-22-12-34(36,37)19-43(22)6)44-10-11-45(23(17-44)14-38-5)32(46)48-33(2,3)4/h7-9,13,15-16,22-23H,10-12,14,17-19H2,1-4,6H3/t22-,23-/m0/s1. The van der Waals surface area contributed by atoms with E-state index in [9.17, 15) is 13.6 Å². The van der Waals surface area contributed by atoms with Gasteiger partial charge in [0.25, 0.3) is 5.92 Å². The van der Waals surface area contributed by atoms with Crippen LogP contribution in [0.3, 0.4) is 0 Å². The zero-order valence-electron chi connectivity index (χ0n) is 27.5. The van der Waals surface area contributed by atoms with E-state index in [1.165, 1.54) is 16.0 Å². The molecule has 0 spiro atoms. The summed E-state index contributed by atoms with van der Waals surface area (Å²) in [7, 11) is 1.60. The predicted molar refractivity (Wildman–Crippen MR) is 175 cm³/mol. The fourth-order valence-electron chi connectivity index (χ4n) is 6.40. The minimum absolute atomic E-state index is 0.00847. The van der Waals surface area contributed by atoms with E-state index in [2.05, 4.69) is 24.8 Å². The monoisotopic (exact) mass is 662 g/mol. The van der Waals surface area contributed by atoms with Crippen molar-refractivity contribution in [3.05, 3.63) is 59.6 Å². The molecule has 0 bridgehead atoms. The highest BCUT2D eigenvalue weighted by Crippen LogP contribution is 2.37. The first kappa shape index (κ1) is 33.1. The van der Waals surface area contributed by atoms with Gasteiger partial charge in [-0.1, -0.05) is 18.2 Å². The van der Waals surface area contributed by atoms with Crippen LogP contribution in [0, 0.1) is 19.3 Å². The molecule has 5 heterocycles. The summed E-state index contributed by atoms with van der Waals surface area (Å²) in [5.74, 6) is -3.27. The van der Waals surface area contributed by atoms with E-state index in [0.29, 0.717) is 16.8 Å². The number of anilines is 1. The van der Waals surface area contributed by atoms with Crippen molar-refractivity contribution in [3.8, 4) is 17.3 Å². The molecule has 2 aliphatic rings. The Kier molecular flexibility index (Phi) is 8.76. The van der Waals surface area contributed by atoms with Crippen LogP contribution in [0.25, 0.3) is 37.8 Å². The molecule has 2 fully saturated rings. The lowest BCUT2D eigenvalue weighted by Crippen LogP contribution is -2.57. The van der Waals surface area contributed by atoms with Crippen LogP contribution in [0.2, 0.25) is 0 Å². The zero-order chi connectivity index (χ0) is 34.4. The van der Waals surface area contributed by atoms with Gasteiger partial charge in [-0.3, -0.25) is 19.8 Å². The molecule has 1 amide bonds. The van der Waals surface area contributed by atoms with Crippen molar-refractivity contribution >= 4 is 33.6 Å². The predicted octanol–water partition coefficient (Wildman–Crippen LogP) is 5.75. The second-order valence-electron chi connectivity index (χ2n) is 13.4. The number of carbonyl (C=O) groups is 1. The largest absolute Gasteiger partial charge is 0.462 e. The van der Waals surface area contributed by atoms with Gasteiger partial charge in [0.2, 0.25) is 6.54 Å². The van der Waals surface area contributed by atoms with Gasteiger partial charge in [0.15, 0.2) is 5.82 Å². The van der Waals surface area contributed by atoms with E-state index in [4.69, 9.17) is 16.0 Å². The molecule has 48 heavy (non-hydrogen) atoms. The topological polar surface area (TPSA) is 101 Å². The number of aryl methyl sites for hydroxylation is 1. The number of alkyl halides is 2. The van der Waals surface area contributed by atoms with Gasteiger partial charge in [-0.2, -0.15) is 9.97 Å². The molecule has 0 aliphatic carbocycles. The Balaban J connectivity index is 1.42. The maximum Gasteiger partial charge on any atom is 0.410 e. The van der Waals surface area contributed by atoms with E-state index >= 15 is 4.39 Å². The first-order valence-electron chi connectivity index (χ1n) is 15.7. The zero-order valence-corrected chi connectivity index (χ0v) is 27.5. The van der Waals surface area contributed by atoms with Crippen molar-refractivity contribution in [2.75, 3.05) is 51.3 Å². The Hall–Kier alpha value is -4.77. The molecule has 0 saturated carbocycles. The number of benzene rings is 1. The summed E-state index contributed by atoms with van der Waals surface area (Å²) in [6.07, 6.45) is 3.86. The van der Waals surface area contributed by atoms with Gasteiger partial charge in [0.05, 0.1) is 11.9 Å². The second-order valence-corrected chi connectivity index (χ2v) is 13.4. The minimum atomic E-state index is -2.85. The molecule has 0 radical (unpaired) electrons. The summed E-state index contributed by atoms with van der Waals surface area (Å²) < 4.78 is 56.4. The summed E-state index contributed by atoms with van der Waals surface area (Å²) in [4.78, 5) is 39.4. The summed E-state index contributed by atoms with van der Waals surface area (Å²) >= 11 is 0. The van der Waals surface area contributed by atoms with Crippen LogP contribution in [0.4, 0.5) is 23.8 Å². The number of ether oxygens (including phenoxy) is 2. The van der Waals surface area contributed by atoms with Crippen LogP contribution in [-0.4, -0.2) is 106 Å². The van der Waals surface area contributed by atoms with Crippen molar-refractivity contribution in [2.45, 2.75) is 57.7 Å². The Labute approximate surface area is 276 Å². The van der Waals surface area contributed by atoms with Crippen LogP contribution in [-0.2, 0) is 4.74 Å². The van der Waals surface area contributed by atoms with Gasteiger partial charge in [0, 0.05) is 61.6 Å². The lowest BCUT2D eigenvalue weighted by Gasteiger charge is -2.40.